The van der Waals surface area contributed by atoms with Crippen LogP contribution >= 0.6 is 12.4 Å². The molecule has 1 aliphatic rings. The lowest BCUT2D eigenvalue weighted by atomic mass is 10.2. The number of pyridine rings is 1. The van der Waals surface area contributed by atoms with E-state index in [1.165, 1.54) is 11.9 Å². The molecule has 1 unspecified atom stereocenters. The number of amides is 1. The molecule has 0 radical (unpaired) electrons. The fourth-order valence-corrected chi connectivity index (χ4v) is 2.37. The summed E-state index contributed by atoms with van der Waals surface area (Å²) in [5, 5.41) is 6.35. The summed E-state index contributed by atoms with van der Waals surface area (Å²) in [4.78, 5) is 21.6. The number of nitrogens with one attached hydrogen (secondary N) is 1. The molecule has 1 amide bonds. The largest absolute Gasteiger partial charge is 0.337 e. The quantitative estimate of drug-likeness (QED) is 0.890. The molecule has 1 atom stereocenters. The second-order valence-electron chi connectivity index (χ2n) is 5.44. The highest BCUT2D eigenvalue weighted by molar-refractivity contribution is 5.85. The van der Waals surface area contributed by atoms with Gasteiger partial charge in [-0.1, -0.05) is 5.16 Å². The summed E-state index contributed by atoms with van der Waals surface area (Å²) in [6.07, 6.45) is 2.72. The van der Waals surface area contributed by atoms with Crippen molar-refractivity contribution in [3.8, 4) is 11.4 Å². The van der Waals surface area contributed by atoms with Crippen LogP contribution in [0.1, 0.15) is 12.3 Å². The molecule has 10 heteroatoms. The van der Waals surface area contributed by atoms with Gasteiger partial charge >= 0.3 is 0 Å². The van der Waals surface area contributed by atoms with Gasteiger partial charge in [0.2, 0.25) is 17.6 Å². The first kappa shape index (κ1) is 18.2. The van der Waals surface area contributed by atoms with Crippen molar-refractivity contribution in [2.75, 3.05) is 13.6 Å². The maximum Gasteiger partial charge on any atom is 0.262 e. The zero-order chi connectivity index (χ0) is 16.4. The summed E-state index contributed by atoms with van der Waals surface area (Å²) in [7, 11) is 1.51. The second-order valence-corrected chi connectivity index (χ2v) is 5.44. The average molecular weight is 360 g/mol. The molecule has 1 saturated heterocycles. The Balaban J connectivity index is 0.00000208. The zero-order valence-corrected chi connectivity index (χ0v) is 13.6. The van der Waals surface area contributed by atoms with Gasteiger partial charge in [-0.15, -0.1) is 12.4 Å². The number of hydrogen-bond acceptors (Lipinski definition) is 6. The van der Waals surface area contributed by atoms with Crippen LogP contribution in [0.2, 0.25) is 0 Å². The van der Waals surface area contributed by atoms with Gasteiger partial charge in [-0.3, -0.25) is 15.1 Å². The summed E-state index contributed by atoms with van der Waals surface area (Å²) < 4.78 is 31.4. The number of rotatable bonds is 4. The third-order valence-corrected chi connectivity index (χ3v) is 3.54. The first-order valence-electron chi connectivity index (χ1n) is 7.04. The number of carbonyl (C=O) groups excluding carboxylic acids is 1. The standard InChI is InChI=1S/C14H15F2N5O2.ClH/c1-21(13(22)10-5-14(15,16)8-18-10)7-11-19-12(20-23-11)9-3-2-4-17-6-9;/h2-4,6,10,18H,5,7-8H2,1H3;1H. The molecule has 7 nitrogen and oxygen atoms in total. The third-order valence-electron chi connectivity index (χ3n) is 3.54. The van der Waals surface area contributed by atoms with Gasteiger partial charge in [0.25, 0.3) is 5.92 Å². The molecule has 3 heterocycles. The Labute approximate surface area is 142 Å². The minimum Gasteiger partial charge on any atom is -0.337 e. The van der Waals surface area contributed by atoms with Crippen LogP contribution in [0.25, 0.3) is 11.4 Å². The van der Waals surface area contributed by atoms with Crippen molar-refractivity contribution in [2.24, 2.45) is 0 Å². The summed E-state index contributed by atoms with van der Waals surface area (Å²) in [5.74, 6) is -2.69. The molecule has 0 saturated carbocycles. The summed E-state index contributed by atoms with van der Waals surface area (Å²) in [6, 6.07) is 2.63. The first-order valence-corrected chi connectivity index (χ1v) is 7.04. The van der Waals surface area contributed by atoms with Crippen LogP contribution in [-0.4, -0.2) is 51.5 Å². The Bertz CT molecular complexity index is 697. The zero-order valence-electron chi connectivity index (χ0n) is 12.8. The monoisotopic (exact) mass is 359 g/mol. The van der Waals surface area contributed by atoms with E-state index in [0.29, 0.717) is 11.4 Å². The maximum absolute atomic E-state index is 13.2. The van der Waals surface area contributed by atoms with Gasteiger partial charge in [-0.25, -0.2) is 8.78 Å². The second kappa shape index (κ2) is 7.18. The van der Waals surface area contributed by atoms with Gasteiger partial charge in [-0.05, 0) is 12.1 Å². The molecular formula is C14H16ClF2N5O2. The Hall–Kier alpha value is -2.13. The van der Waals surface area contributed by atoms with E-state index in [2.05, 4.69) is 20.4 Å². The number of alkyl halides is 2. The maximum atomic E-state index is 13.2. The lowest BCUT2D eigenvalue weighted by molar-refractivity contribution is -0.133. The van der Waals surface area contributed by atoms with Crippen molar-refractivity contribution < 1.29 is 18.1 Å². The smallest absolute Gasteiger partial charge is 0.262 e. The van der Waals surface area contributed by atoms with E-state index in [4.69, 9.17) is 4.52 Å². The van der Waals surface area contributed by atoms with Gasteiger partial charge in [0.15, 0.2) is 0 Å². The average Bonchev–Trinajstić information content (AvgIpc) is 3.14. The van der Waals surface area contributed by atoms with Gasteiger partial charge in [-0.2, -0.15) is 4.98 Å². The highest BCUT2D eigenvalue weighted by Crippen LogP contribution is 2.26. The van der Waals surface area contributed by atoms with E-state index in [1.54, 1.807) is 24.5 Å². The Morgan fingerprint density at radius 2 is 2.33 bits per heavy atom. The molecule has 0 aromatic carbocycles. The van der Waals surface area contributed by atoms with Gasteiger partial charge in [0, 0.05) is 31.4 Å². The SMILES string of the molecule is CN(Cc1nc(-c2cccnc2)no1)C(=O)C1CC(F)(F)CN1.Cl. The third kappa shape index (κ3) is 4.04. The van der Waals surface area contributed by atoms with E-state index in [9.17, 15) is 13.6 Å². The topological polar surface area (TPSA) is 84.2 Å². The van der Waals surface area contributed by atoms with Crippen molar-refractivity contribution in [1.82, 2.24) is 25.3 Å². The van der Waals surface area contributed by atoms with Crippen LogP contribution in [0, 0.1) is 0 Å². The van der Waals surface area contributed by atoms with Crippen molar-refractivity contribution in [3.63, 3.8) is 0 Å². The van der Waals surface area contributed by atoms with Crippen LogP contribution < -0.4 is 5.32 Å². The van der Waals surface area contributed by atoms with E-state index >= 15 is 0 Å². The van der Waals surface area contributed by atoms with Crippen LogP contribution in [0.4, 0.5) is 8.78 Å². The van der Waals surface area contributed by atoms with Crippen LogP contribution in [0.5, 0.6) is 0 Å². The number of likely N-dealkylation sites (N-methyl/N-ethyl adjacent to an activating group) is 1. The van der Waals surface area contributed by atoms with E-state index in [-0.39, 0.29) is 24.8 Å². The van der Waals surface area contributed by atoms with Crippen LogP contribution in [-0.2, 0) is 11.3 Å². The van der Waals surface area contributed by atoms with Gasteiger partial charge in [0.1, 0.15) is 0 Å². The van der Waals surface area contributed by atoms with E-state index in [1.807, 2.05) is 0 Å². The number of nitrogens with zero attached hydrogens (tertiary/aromatic N) is 4. The molecule has 2 aromatic rings. The van der Waals surface area contributed by atoms with Gasteiger partial charge in [0.05, 0.1) is 19.1 Å². The number of aromatic nitrogens is 3. The molecule has 1 fully saturated rings. The van der Waals surface area contributed by atoms with E-state index < -0.39 is 30.8 Å². The molecule has 1 aliphatic heterocycles. The number of hydrogen-bond donors (Lipinski definition) is 1. The molecule has 2 aromatic heterocycles. The fourth-order valence-electron chi connectivity index (χ4n) is 2.37. The highest BCUT2D eigenvalue weighted by Gasteiger charge is 2.43. The summed E-state index contributed by atoms with van der Waals surface area (Å²) in [5.41, 5.74) is 0.689. The summed E-state index contributed by atoms with van der Waals surface area (Å²) in [6.45, 7) is -0.432. The minimum absolute atomic E-state index is 0. The minimum atomic E-state index is -2.85. The molecular weight excluding hydrogens is 344 g/mol. The molecule has 0 spiro atoms. The van der Waals surface area contributed by atoms with Crippen molar-refractivity contribution in [1.29, 1.82) is 0 Å². The van der Waals surface area contributed by atoms with Crippen molar-refractivity contribution >= 4 is 18.3 Å². The molecule has 3 rings (SSSR count). The highest BCUT2D eigenvalue weighted by atomic mass is 35.5. The molecule has 1 N–H and O–H groups in total. The predicted molar refractivity (Wildman–Crippen MR) is 82.6 cm³/mol. The summed E-state index contributed by atoms with van der Waals surface area (Å²) >= 11 is 0. The fraction of sp³-hybridized carbons (Fsp3) is 0.429. The van der Waals surface area contributed by atoms with Crippen molar-refractivity contribution in [3.05, 3.63) is 30.4 Å². The predicted octanol–water partition coefficient (Wildman–Crippen LogP) is 1.51. The lowest BCUT2D eigenvalue weighted by Gasteiger charge is -2.19. The van der Waals surface area contributed by atoms with Gasteiger partial charge < -0.3 is 9.42 Å². The molecule has 130 valence electrons. The first-order chi connectivity index (χ1) is 10.9. The normalized spacial score (nSPS) is 18.9. The van der Waals surface area contributed by atoms with E-state index in [0.717, 1.165) is 0 Å². The Morgan fingerprint density at radius 1 is 1.54 bits per heavy atom. The van der Waals surface area contributed by atoms with Crippen LogP contribution in [0.15, 0.2) is 29.0 Å². The lowest BCUT2D eigenvalue weighted by Crippen LogP contribution is -2.41. The van der Waals surface area contributed by atoms with Crippen molar-refractivity contribution in [2.45, 2.75) is 24.9 Å². The number of carbonyl (C=O) groups is 1. The Kier molecular flexibility index (Phi) is 5.45. The molecule has 24 heavy (non-hydrogen) atoms. The molecule has 0 bridgehead atoms. The van der Waals surface area contributed by atoms with Crippen LogP contribution in [0.3, 0.4) is 0 Å². The number of halogens is 3. The molecule has 0 aliphatic carbocycles. The Morgan fingerprint density at radius 3 is 2.96 bits per heavy atom.